The van der Waals surface area contributed by atoms with E-state index in [1.165, 1.54) is 16.7 Å². The Morgan fingerprint density at radius 3 is 2.80 bits per heavy atom. The topological polar surface area (TPSA) is 32.6 Å². The molecule has 0 radical (unpaired) electrons. The Bertz CT molecular complexity index is 660. The highest BCUT2D eigenvalue weighted by molar-refractivity contribution is 5.83. The van der Waals surface area contributed by atoms with Gasteiger partial charge < -0.3 is 5.11 Å². The van der Waals surface area contributed by atoms with E-state index in [2.05, 4.69) is 32.0 Å². The minimum absolute atomic E-state index is 0.199. The van der Waals surface area contributed by atoms with Crippen LogP contribution in [0.15, 0.2) is 47.5 Å². The minimum Gasteiger partial charge on any atom is -0.507 e. The van der Waals surface area contributed by atoms with Crippen molar-refractivity contribution in [1.82, 2.24) is 0 Å². The van der Waals surface area contributed by atoms with Crippen LogP contribution in [0, 0.1) is 12.8 Å². The number of rotatable bonds is 2. The van der Waals surface area contributed by atoms with Gasteiger partial charge in [0.1, 0.15) is 5.75 Å². The summed E-state index contributed by atoms with van der Waals surface area (Å²) in [6.45, 7) is 4.36. The van der Waals surface area contributed by atoms with Gasteiger partial charge in [-0.25, -0.2) is 0 Å². The first-order chi connectivity index (χ1) is 9.65. The molecule has 0 unspecified atom stereocenters. The van der Waals surface area contributed by atoms with Gasteiger partial charge in [-0.3, -0.25) is 4.99 Å². The van der Waals surface area contributed by atoms with Gasteiger partial charge in [-0.05, 0) is 42.5 Å². The van der Waals surface area contributed by atoms with Gasteiger partial charge in [-0.2, -0.15) is 0 Å². The first kappa shape index (κ1) is 12.9. The maximum Gasteiger partial charge on any atom is 0.124 e. The van der Waals surface area contributed by atoms with Gasteiger partial charge in [-0.15, -0.1) is 0 Å². The van der Waals surface area contributed by atoms with Gasteiger partial charge in [0.2, 0.25) is 0 Å². The smallest absolute Gasteiger partial charge is 0.124 e. The highest BCUT2D eigenvalue weighted by Gasteiger charge is 2.28. The molecule has 0 fully saturated rings. The molecule has 0 bridgehead atoms. The van der Waals surface area contributed by atoms with Crippen LogP contribution in [0.5, 0.6) is 5.75 Å². The number of para-hydroxylation sites is 1. The summed E-state index contributed by atoms with van der Waals surface area (Å²) in [6.07, 6.45) is 2.88. The van der Waals surface area contributed by atoms with E-state index in [0.29, 0.717) is 5.92 Å². The van der Waals surface area contributed by atoms with E-state index in [0.717, 1.165) is 12.0 Å². The normalized spacial score (nSPS) is 21.3. The first-order valence-corrected chi connectivity index (χ1v) is 7.06. The minimum atomic E-state index is 0.199. The zero-order chi connectivity index (χ0) is 14.1. The van der Waals surface area contributed by atoms with Crippen molar-refractivity contribution in [2.75, 3.05) is 0 Å². The SMILES string of the molecule is Cc1ccc2c(c1)[C@H](N=Cc1ccccc1O)[C@@H](C)C2. The Labute approximate surface area is 119 Å². The summed E-state index contributed by atoms with van der Waals surface area (Å²) in [7, 11) is 0. The number of phenols is 1. The number of benzene rings is 2. The van der Waals surface area contributed by atoms with Crippen molar-refractivity contribution in [3.05, 3.63) is 64.7 Å². The Kier molecular flexibility index (Phi) is 3.31. The molecule has 1 aliphatic carbocycles. The molecule has 0 aliphatic heterocycles. The summed E-state index contributed by atoms with van der Waals surface area (Å²) < 4.78 is 0. The molecule has 2 aromatic rings. The van der Waals surface area contributed by atoms with Crippen LogP contribution < -0.4 is 0 Å². The van der Waals surface area contributed by atoms with Crippen molar-refractivity contribution in [3.63, 3.8) is 0 Å². The molecule has 0 saturated carbocycles. The van der Waals surface area contributed by atoms with E-state index in [1.54, 1.807) is 12.3 Å². The van der Waals surface area contributed by atoms with Crippen molar-refractivity contribution in [1.29, 1.82) is 0 Å². The van der Waals surface area contributed by atoms with Crippen LogP contribution in [0.2, 0.25) is 0 Å². The zero-order valence-corrected chi connectivity index (χ0v) is 11.9. The standard InChI is InChI=1S/C18H19NO/c1-12-7-8-14-10-13(2)18(16(14)9-12)19-11-15-5-3-4-6-17(15)20/h3-9,11,13,18,20H,10H2,1-2H3/t13-,18+/m0/s1. The summed E-state index contributed by atoms with van der Waals surface area (Å²) in [5.74, 6) is 0.792. The van der Waals surface area contributed by atoms with Crippen LogP contribution in [0.4, 0.5) is 0 Å². The summed E-state index contributed by atoms with van der Waals surface area (Å²) in [4.78, 5) is 4.73. The molecule has 0 heterocycles. The fourth-order valence-corrected chi connectivity index (χ4v) is 2.93. The predicted octanol–water partition coefficient (Wildman–Crippen LogP) is 4.05. The maximum absolute atomic E-state index is 9.80. The van der Waals surface area contributed by atoms with Crippen molar-refractivity contribution < 1.29 is 5.11 Å². The fourth-order valence-electron chi connectivity index (χ4n) is 2.93. The Morgan fingerprint density at radius 1 is 1.20 bits per heavy atom. The zero-order valence-electron chi connectivity index (χ0n) is 11.9. The molecule has 2 atom stereocenters. The number of aliphatic imine (C=N–C) groups is 1. The van der Waals surface area contributed by atoms with Crippen molar-refractivity contribution >= 4 is 6.21 Å². The third-order valence-corrected chi connectivity index (χ3v) is 4.01. The van der Waals surface area contributed by atoms with Gasteiger partial charge in [0.05, 0.1) is 6.04 Å². The maximum atomic E-state index is 9.80. The van der Waals surface area contributed by atoms with Crippen LogP contribution in [0.1, 0.15) is 35.2 Å². The van der Waals surface area contributed by atoms with E-state index >= 15 is 0 Å². The number of hydrogen-bond acceptors (Lipinski definition) is 2. The molecule has 0 aromatic heterocycles. The lowest BCUT2D eigenvalue weighted by molar-refractivity contribution is 0.474. The average molecular weight is 265 g/mol. The van der Waals surface area contributed by atoms with Gasteiger partial charge >= 0.3 is 0 Å². The molecular formula is C18H19NO. The summed E-state index contributed by atoms with van der Waals surface area (Å²) in [5.41, 5.74) is 4.80. The molecule has 0 amide bonds. The number of fused-ring (bicyclic) bond motifs is 1. The van der Waals surface area contributed by atoms with Crippen molar-refractivity contribution in [2.24, 2.45) is 10.9 Å². The van der Waals surface area contributed by atoms with Gasteiger partial charge in [0.25, 0.3) is 0 Å². The lowest BCUT2D eigenvalue weighted by atomic mass is 10.0. The molecule has 0 spiro atoms. The van der Waals surface area contributed by atoms with Crippen molar-refractivity contribution in [2.45, 2.75) is 26.3 Å². The monoisotopic (exact) mass is 265 g/mol. The second-order valence-electron chi connectivity index (χ2n) is 5.67. The van der Waals surface area contributed by atoms with E-state index in [9.17, 15) is 5.11 Å². The molecule has 3 rings (SSSR count). The molecular weight excluding hydrogens is 246 g/mol. The highest BCUT2D eigenvalue weighted by Crippen LogP contribution is 2.39. The summed E-state index contributed by atoms with van der Waals surface area (Å²) in [5, 5.41) is 9.80. The summed E-state index contributed by atoms with van der Waals surface area (Å²) in [6, 6.07) is 14.1. The number of nitrogens with zero attached hydrogens (tertiary/aromatic N) is 1. The Balaban J connectivity index is 1.92. The largest absolute Gasteiger partial charge is 0.507 e. The fraction of sp³-hybridized carbons (Fsp3) is 0.278. The van der Waals surface area contributed by atoms with Crippen LogP contribution in [0.3, 0.4) is 0 Å². The second-order valence-corrected chi connectivity index (χ2v) is 5.67. The van der Waals surface area contributed by atoms with Crippen LogP contribution in [-0.2, 0) is 6.42 Å². The molecule has 20 heavy (non-hydrogen) atoms. The second kappa shape index (κ2) is 5.12. The van der Waals surface area contributed by atoms with Crippen LogP contribution >= 0.6 is 0 Å². The predicted molar refractivity (Wildman–Crippen MR) is 82.5 cm³/mol. The molecule has 1 aliphatic rings. The third kappa shape index (κ3) is 2.34. The van der Waals surface area contributed by atoms with Crippen LogP contribution in [-0.4, -0.2) is 11.3 Å². The first-order valence-electron chi connectivity index (χ1n) is 7.06. The lowest BCUT2D eigenvalue weighted by Gasteiger charge is -2.12. The third-order valence-electron chi connectivity index (χ3n) is 4.01. The van der Waals surface area contributed by atoms with Crippen LogP contribution in [0.25, 0.3) is 0 Å². The molecule has 0 saturated heterocycles. The number of aromatic hydroxyl groups is 1. The average Bonchev–Trinajstić information content (AvgIpc) is 2.73. The summed E-state index contributed by atoms with van der Waals surface area (Å²) >= 11 is 0. The molecule has 102 valence electrons. The number of phenolic OH excluding ortho intramolecular Hbond substituents is 1. The molecule has 2 aromatic carbocycles. The van der Waals surface area contributed by atoms with E-state index in [1.807, 2.05) is 18.2 Å². The Hall–Kier alpha value is -2.09. The Morgan fingerprint density at radius 2 is 2.00 bits per heavy atom. The van der Waals surface area contributed by atoms with Gasteiger partial charge in [-0.1, -0.05) is 42.8 Å². The van der Waals surface area contributed by atoms with Crippen molar-refractivity contribution in [3.8, 4) is 5.75 Å². The van der Waals surface area contributed by atoms with E-state index in [4.69, 9.17) is 4.99 Å². The quantitative estimate of drug-likeness (QED) is 0.816. The van der Waals surface area contributed by atoms with Gasteiger partial charge in [0.15, 0.2) is 0 Å². The van der Waals surface area contributed by atoms with E-state index < -0.39 is 0 Å². The number of hydrogen-bond donors (Lipinski definition) is 1. The number of aryl methyl sites for hydroxylation is 1. The lowest BCUT2D eigenvalue weighted by Crippen LogP contribution is -2.01. The van der Waals surface area contributed by atoms with E-state index in [-0.39, 0.29) is 11.8 Å². The molecule has 2 nitrogen and oxygen atoms in total. The van der Waals surface area contributed by atoms with Gasteiger partial charge in [0, 0.05) is 11.8 Å². The highest BCUT2D eigenvalue weighted by atomic mass is 16.3. The molecule has 1 N–H and O–H groups in total. The molecule has 2 heteroatoms.